The lowest BCUT2D eigenvalue weighted by atomic mass is 9.98. The van der Waals surface area contributed by atoms with Gasteiger partial charge in [-0.1, -0.05) is 0 Å². The van der Waals surface area contributed by atoms with Crippen LogP contribution in [0.5, 0.6) is 0 Å². The first-order valence-electron chi connectivity index (χ1n) is 6.36. The van der Waals surface area contributed by atoms with Gasteiger partial charge in [-0.15, -0.1) is 0 Å². The van der Waals surface area contributed by atoms with Gasteiger partial charge in [-0.25, -0.2) is 0 Å². The van der Waals surface area contributed by atoms with Crippen LogP contribution in [0.1, 0.15) is 25.7 Å². The largest absolute Gasteiger partial charge is 0.481 e. The number of rotatable bonds is 3. The van der Waals surface area contributed by atoms with E-state index in [2.05, 4.69) is 0 Å². The summed E-state index contributed by atoms with van der Waals surface area (Å²) in [6, 6.07) is 0. The first-order chi connectivity index (χ1) is 8.58. The molecule has 2 rings (SSSR count). The third kappa shape index (κ3) is 2.80. The summed E-state index contributed by atoms with van der Waals surface area (Å²) in [7, 11) is 0. The molecule has 0 aromatic carbocycles. The molecule has 2 heterocycles. The van der Waals surface area contributed by atoms with Crippen molar-refractivity contribution in [1.29, 1.82) is 0 Å². The second-order valence-electron chi connectivity index (χ2n) is 4.94. The summed E-state index contributed by atoms with van der Waals surface area (Å²) in [5.74, 6) is -1.41. The van der Waals surface area contributed by atoms with Crippen LogP contribution in [0.4, 0.5) is 0 Å². The summed E-state index contributed by atoms with van der Waals surface area (Å²) in [5.41, 5.74) is 0. The predicted molar refractivity (Wildman–Crippen MR) is 62.8 cm³/mol. The maximum Gasteiger partial charge on any atom is 0.308 e. The van der Waals surface area contributed by atoms with Crippen molar-refractivity contribution in [3.05, 3.63) is 0 Å². The minimum Gasteiger partial charge on any atom is -0.481 e. The van der Waals surface area contributed by atoms with E-state index in [1.807, 2.05) is 0 Å². The van der Waals surface area contributed by atoms with Crippen LogP contribution in [0.3, 0.4) is 0 Å². The molecule has 1 N–H and O–H groups in total. The minimum atomic E-state index is -0.843. The van der Waals surface area contributed by atoms with Crippen LogP contribution < -0.4 is 0 Å². The molecule has 0 radical (unpaired) electrons. The molecular formula is C12H18N2O4. The standard InChI is InChI=1S/C12H18N2O4/c15-10-4-2-6-14(10)8-11(16)13-5-1-3-9(7-13)12(17)18/h9H,1-8H2,(H,17,18). The Balaban J connectivity index is 1.88. The predicted octanol–water partition coefficient (Wildman–Crippen LogP) is -0.0680. The molecule has 0 aromatic heterocycles. The molecule has 0 saturated carbocycles. The van der Waals surface area contributed by atoms with Gasteiger partial charge in [0, 0.05) is 26.1 Å². The Morgan fingerprint density at radius 2 is 2.06 bits per heavy atom. The summed E-state index contributed by atoms with van der Waals surface area (Å²) in [5, 5.41) is 8.96. The molecular weight excluding hydrogens is 236 g/mol. The van der Waals surface area contributed by atoms with E-state index in [-0.39, 0.29) is 24.9 Å². The molecule has 2 fully saturated rings. The third-order valence-electron chi connectivity index (χ3n) is 3.62. The van der Waals surface area contributed by atoms with Gasteiger partial charge in [0.1, 0.15) is 0 Å². The number of carbonyl (C=O) groups excluding carboxylic acids is 2. The fraction of sp³-hybridized carbons (Fsp3) is 0.750. The zero-order valence-electron chi connectivity index (χ0n) is 10.3. The van der Waals surface area contributed by atoms with E-state index >= 15 is 0 Å². The lowest BCUT2D eigenvalue weighted by molar-refractivity contribution is -0.147. The van der Waals surface area contributed by atoms with E-state index in [1.165, 1.54) is 0 Å². The van der Waals surface area contributed by atoms with Crippen LogP contribution in [0.25, 0.3) is 0 Å². The van der Waals surface area contributed by atoms with Crippen molar-refractivity contribution in [2.45, 2.75) is 25.7 Å². The molecule has 2 aliphatic rings. The molecule has 1 atom stereocenters. The molecule has 0 aromatic rings. The number of hydrogen-bond donors (Lipinski definition) is 1. The molecule has 0 aliphatic carbocycles. The SMILES string of the molecule is O=C(O)C1CCCN(C(=O)CN2CCCC2=O)C1. The fourth-order valence-electron chi connectivity index (χ4n) is 2.54. The fourth-order valence-corrected chi connectivity index (χ4v) is 2.54. The summed E-state index contributed by atoms with van der Waals surface area (Å²) >= 11 is 0. The van der Waals surface area contributed by atoms with Crippen LogP contribution in [-0.2, 0) is 14.4 Å². The van der Waals surface area contributed by atoms with Gasteiger partial charge >= 0.3 is 5.97 Å². The van der Waals surface area contributed by atoms with Gasteiger partial charge in [-0.05, 0) is 19.3 Å². The molecule has 2 aliphatic heterocycles. The van der Waals surface area contributed by atoms with Gasteiger partial charge in [-0.2, -0.15) is 0 Å². The van der Waals surface area contributed by atoms with E-state index in [0.29, 0.717) is 25.9 Å². The zero-order chi connectivity index (χ0) is 13.1. The Morgan fingerprint density at radius 1 is 1.28 bits per heavy atom. The van der Waals surface area contributed by atoms with E-state index in [1.54, 1.807) is 9.80 Å². The van der Waals surface area contributed by atoms with E-state index < -0.39 is 11.9 Å². The van der Waals surface area contributed by atoms with Crippen molar-refractivity contribution in [2.75, 3.05) is 26.2 Å². The molecule has 6 heteroatoms. The van der Waals surface area contributed by atoms with Gasteiger partial charge in [0.2, 0.25) is 11.8 Å². The van der Waals surface area contributed by atoms with Crippen LogP contribution in [-0.4, -0.2) is 58.9 Å². The first kappa shape index (κ1) is 12.9. The Labute approximate surface area is 106 Å². The van der Waals surface area contributed by atoms with Crippen molar-refractivity contribution in [3.63, 3.8) is 0 Å². The Hall–Kier alpha value is -1.59. The number of carbonyl (C=O) groups is 3. The molecule has 1 unspecified atom stereocenters. The maximum absolute atomic E-state index is 12.0. The number of amides is 2. The monoisotopic (exact) mass is 254 g/mol. The smallest absolute Gasteiger partial charge is 0.308 e. The Kier molecular flexibility index (Phi) is 3.84. The highest BCUT2D eigenvalue weighted by Gasteiger charge is 2.30. The van der Waals surface area contributed by atoms with Crippen LogP contribution in [0, 0.1) is 5.92 Å². The summed E-state index contributed by atoms with van der Waals surface area (Å²) in [6.45, 7) is 1.62. The Bertz CT molecular complexity index is 369. The maximum atomic E-state index is 12.0. The quantitative estimate of drug-likeness (QED) is 0.765. The third-order valence-corrected chi connectivity index (χ3v) is 3.62. The van der Waals surface area contributed by atoms with E-state index in [4.69, 9.17) is 5.11 Å². The molecule has 2 saturated heterocycles. The number of nitrogens with zero attached hydrogens (tertiary/aromatic N) is 2. The van der Waals surface area contributed by atoms with Gasteiger partial charge in [0.05, 0.1) is 12.5 Å². The van der Waals surface area contributed by atoms with E-state index in [9.17, 15) is 14.4 Å². The van der Waals surface area contributed by atoms with Crippen molar-refractivity contribution in [1.82, 2.24) is 9.80 Å². The highest BCUT2D eigenvalue weighted by molar-refractivity contribution is 5.86. The van der Waals surface area contributed by atoms with Gasteiger partial charge in [-0.3, -0.25) is 14.4 Å². The minimum absolute atomic E-state index is 0.0233. The number of piperidine rings is 1. The number of aliphatic carboxylic acids is 1. The van der Waals surface area contributed by atoms with Crippen LogP contribution in [0.15, 0.2) is 0 Å². The highest BCUT2D eigenvalue weighted by Crippen LogP contribution is 2.17. The number of carboxylic acids is 1. The number of hydrogen-bond acceptors (Lipinski definition) is 3. The first-order valence-corrected chi connectivity index (χ1v) is 6.36. The number of carboxylic acid groups (broad SMARTS) is 1. The topological polar surface area (TPSA) is 77.9 Å². The van der Waals surface area contributed by atoms with E-state index in [0.717, 1.165) is 12.8 Å². The van der Waals surface area contributed by atoms with Crippen molar-refractivity contribution in [2.24, 2.45) is 5.92 Å². The molecule has 2 amide bonds. The normalized spacial score (nSPS) is 24.4. The van der Waals surface area contributed by atoms with Gasteiger partial charge in [0.25, 0.3) is 0 Å². The van der Waals surface area contributed by atoms with Crippen molar-refractivity contribution < 1.29 is 19.5 Å². The van der Waals surface area contributed by atoms with Crippen molar-refractivity contribution >= 4 is 17.8 Å². The average Bonchev–Trinajstić information content (AvgIpc) is 2.75. The van der Waals surface area contributed by atoms with Gasteiger partial charge < -0.3 is 14.9 Å². The average molecular weight is 254 g/mol. The molecule has 0 spiro atoms. The zero-order valence-corrected chi connectivity index (χ0v) is 10.3. The lowest BCUT2D eigenvalue weighted by Gasteiger charge is -2.31. The van der Waals surface area contributed by atoms with Crippen molar-refractivity contribution in [3.8, 4) is 0 Å². The van der Waals surface area contributed by atoms with Gasteiger partial charge in [0.15, 0.2) is 0 Å². The molecule has 18 heavy (non-hydrogen) atoms. The second kappa shape index (κ2) is 5.37. The van der Waals surface area contributed by atoms with Crippen LogP contribution in [0.2, 0.25) is 0 Å². The van der Waals surface area contributed by atoms with Crippen LogP contribution >= 0.6 is 0 Å². The Morgan fingerprint density at radius 3 is 2.67 bits per heavy atom. The lowest BCUT2D eigenvalue weighted by Crippen LogP contribution is -2.46. The molecule has 6 nitrogen and oxygen atoms in total. The summed E-state index contributed by atoms with van der Waals surface area (Å²) < 4.78 is 0. The summed E-state index contributed by atoms with van der Waals surface area (Å²) in [6.07, 6.45) is 2.67. The molecule has 100 valence electrons. The molecule has 0 bridgehead atoms. The second-order valence-corrected chi connectivity index (χ2v) is 4.94. The highest BCUT2D eigenvalue weighted by atomic mass is 16.4. The summed E-state index contributed by atoms with van der Waals surface area (Å²) in [4.78, 5) is 37.5. The number of likely N-dealkylation sites (tertiary alicyclic amines) is 2.